The Balaban J connectivity index is 1.63. The number of rotatable bonds is 10. The Morgan fingerprint density at radius 2 is 1.78 bits per heavy atom. The lowest BCUT2D eigenvalue weighted by Gasteiger charge is -2.33. The first-order valence-corrected chi connectivity index (χ1v) is 14.5. The molecule has 1 unspecified atom stereocenters. The van der Waals surface area contributed by atoms with Crippen LogP contribution in [0.15, 0.2) is 42.5 Å². The predicted octanol–water partition coefficient (Wildman–Crippen LogP) is 3.36. The largest absolute Gasteiger partial charge is 0.454 e. The van der Waals surface area contributed by atoms with Gasteiger partial charge in [0.15, 0.2) is 11.5 Å². The van der Waals surface area contributed by atoms with Gasteiger partial charge in [0.1, 0.15) is 12.6 Å². The Bertz CT molecular complexity index is 1240. The highest BCUT2D eigenvalue weighted by Gasteiger charge is 2.33. The Morgan fingerprint density at radius 1 is 1.08 bits per heavy atom. The molecular formula is C27H35N3O6S. The summed E-state index contributed by atoms with van der Waals surface area (Å²) in [6.07, 6.45) is 5.47. The van der Waals surface area contributed by atoms with Gasteiger partial charge in [0, 0.05) is 18.7 Å². The molecule has 1 aliphatic carbocycles. The van der Waals surface area contributed by atoms with Gasteiger partial charge in [0.25, 0.3) is 0 Å². The van der Waals surface area contributed by atoms with E-state index in [0.29, 0.717) is 23.6 Å². The fourth-order valence-electron chi connectivity index (χ4n) is 4.91. The Labute approximate surface area is 218 Å². The predicted molar refractivity (Wildman–Crippen MR) is 141 cm³/mol. The second kappa shape index (κ2) is 11.4. The maximum Gasteiger partial charge on any atom is 0.244 e. The van der Waals surface area contributed by atoms with Crippen molar-refractivity contribution in [3.8, 4) is 11.5 Å². The van der Waals surface area contributed by atoms with Gasteiger partial charge in [-0.1, -0.05) is 44.0 Å². The molecule has 2 aromatic rings. The van der Waals surface area contributed by atoms with Crippen LogP contribution in [0.25, 0.3) is 0 Å². The van der Waals surface area contributed by atoms with Gasteiger partial charge in [-0.05, 0) is 49.4 Å². The number of carbonyl (C=O) groups is 2. The standard InChI is InChI=1S/C27H35N3O6S/c1-4-23(27(32)28-21-11-7-8-12-21)29(16-20-10-6-5-9-19(20)2)26(31)17-30(37(3,33)34)22-13-14-24-25(15-22)36-18-35-24/h5-6,9-10,13-15,21,23H,4,7-8,11-12,16-18H2,1-3H3,(H,28,32). The average Bonchev–Trinajstić information content (AvgIpc) is 3.54. The molecule has 2 aromatic carbocycles. The van der Waals surface area contributed by atoms with Crippen molar-refractivity contribution >= 4 is 27.5 Å². The van der Waals surface area contributed by atoms with Crippen molar-refractivity contribution in [2.24, 2.45) is 0 Å². The van der Waals surface area contributed by atoms with Crippen molar-refractivity contribution in [2.75, 3.05) is 23.9 Å². The SMILES string of the molecule is CCC(C(=O)NC1CCCC1)N(Cc1ccccc1C)C(=O)CN(c1ccc2c(c1)OCO2)S(C)(=O)=O. The number of fused-ring (bicyclic) bond motifs is 1. The summed E-state index contributed by atoms with van der Waals surface area (Å²) in [4.78, 5) is 28.7. The molecule has 1 saturated carbocycles. The van der Waals surface area contributed by atoms with Crippen molar-refractivity contribution in [3.05, 3.63) is 53.6 Å². The van der Waals surface area contributed by atoms with E-state index in [9.17, 15) is 18.0 Å². The number of benzene rings is 2. The molecule has 10 heteroatoms. The number of aryl methyl sites for hydroxylation is 1. The lowest BCUT2D eigenvalue weighted by atomic mass is 10.1. The van der Waals surface area contributed by atoms with Gasteiger partial charge in [-0.3, -0.25) is 13.9 Å². The van der Waals surface area contributed by atoms with Gasteiger partial charge in [-0.15, -0.1) is 0 Å². The highest BCUT2D eigenvalue weighted by atomic mass is 32.2. The smallest absolute Gasteiger partial charge is 0.244 e. The van der Waals surface area contributed by atoms with Crippen molar-refractivity contribution < 1.29 is 27.5 Å². The number of carbonyl (C=O) groups excluding carboxylic acids is 2. The third-order valence-electron chi connectivity index (χ3n) is 7.01. The van der Waals surface area contributed by atoms with E-state index in [1.165, 1.54) is 4.90 Å². The van der Waals surface area contributed by atoms with E-state index in [2.05, 4.69) is 5.32 Å². The Morgan fingerprint density at radius 3 is 2.46 bits per heavy atom. The van der Waals surface area contributed by atoms with Gasteiger partial charge in [0.2, 0.25) is 28.6 Å². The molecule has 2 aliphatic rings. The average molecular weight is 530 g/mol. The first-order chi connectivity index (χ1) is 17.7. The summed E-state index contributed by atoms with van der Waals surface area (Å²) in [5.74, 6) is 0.266. The zero-order valence-corrected chi connectivity index (χ0v) is 22.4. The number of amides is 2. The van der Waals surface area contributed by atoms with Crippen LogP contribution in [-0.4, -0.2) is 56.8 Å². The van der Waals surface area contributed by atoms with E-state index < -0.39 is 28.5 Å². The zero-order valence-electron chi connectivity index (χ0n) is 21.6. The van der Waals surface area contributed by atoms with Crippen LogP contribution < -0.4 is 19.1 Å². The number of ether oxygens (including phenoxy) is 2. The summed E-state index contributed by atoms with van der Waals surface area (Å²) in [6.45, 7) is 3.61. The number of hydrogen-bond acceptors (Lipinski definition) is 6. The van der Waals surface area contributed by atoms with E-state index in [0.717, 1.165) is 47.4 Å². The minimum absolute atomic E-state index is 0.0507. The maximum absolute atomic E-state index is 13.8. The summed E-state index contributed by atoms with van der Waals surface area (Å²) in [6, 6.07) is 11.8. The molecule has 0 saturated heterocycles. The van der Waals surface area contributed by atoms with Crippen LogP contribution >= 0.6 is 0 Å². The van der Waals surface area contributed by atoms with Gasteiger partial charge in [-0.25, -0.2) is 8.42 Å². The molecule has 200 valence electrons. The first-order valence-electron chi connectivity index (χ1n) is 12.7. The molecule has 37 heavy (non-hydrogen) atoms. The van der Waals surface area contributed by atoms with Crippen LogP contribution in [0.1, 0.15) is 50.2 Å². The molecule has 1 aliphatic heterocycles. The molecule has 1 N–H and O–H groups in total. The summed E-state index contributed by atoms with van der Waals surface area (Å²) >= 11 is 0. The van der Waals surface area contributed by atoms with E-state index in [1.54, 1.807) is 18.2 Å². The van der Waals surface area contributed by atoms with Crippen molar-refractivity contribution in [2.45, 2.75) is 64.6 Å². The lowest BCUT2D eigenvalue weighted by Crippen LogP contribution is -2.53. The second-order valence-electron chi connectivity index (χ2n) is 9.67. The van der Waals surface area contributed by atoms with E-state index in [1.807, 2.05) is 38.1 Å². The fraction of sp³-hybridized carbons (Fsp3) is 0.481. The quantitative estimate of drug-likeness (QED) is 0.506. The summed E-state index contributed by atoms with van der Waals surface area (Å²) in [5.41, 5.74) is 2.18. The molecule has 1 atom stereocenters. The highest BCUT2D eigenvalue weighted by molar-refractivity contribution is 7.92. The fourth-order valence-corrected chi connectivity index (χ4v) is 5.75. The van der Waals surface area contributed by atoms with E-state index in [4.69, 9.17) is 9.47 Å². The van der Waals surface area contributed by atoms with E-state index >= 15 is 0 Å². The number of nitrogens with zero attached hydrogens (tertiary/aromatic N) is 2. The van der Waals surface area contributed by atoms with Gasteiger partial charge >= 0.3 is 0 Å². The van der Waals surface area contributed by atoms with Crippen LogP contribution in [0.4, 0.5) is 5.69 Å². The second-order valence-corrected chi connectivity index (χ2v) is 11.6. The van der Waals surface area contributed by atoms with Crippen LogP contribution in [0.5, 0.6) is 11.5 Å². The van der Waals surface area contributed by atoms with Gasteiger partial charge < -0.3 is 19.7 Å². The topological polar surface area (TPSA) is 105 Å². The molecular weight excluding hydrogens is 494 g/mol. The number of nitrogens with one attached hydrogen (secondary N) is 1. The van der Waals surface area contributed by atoms with Crippen LogP contribution in [-0.2, 0) is 26.2 Å². The molecule has 9 nitrogen and oxygen atoms in total. The third-order valence-corrected chi connectivity index (χ3v) is 8.15. The van der Waals surface area contributed by atoms with E-state index in [-0.39, 0.29) is 25.3 Å². The maximum atomic E-state index is 13.8. The van der Waals surface area contributed by atoms with Crippen LogP contribution in [0, 0.1) is 6.92 Å². The molecule has 0 bridgehead atoms. The van der Waals surface area contributed by atoms with Crippen LogP contribution in [0.2, 0.25) is 0 Å². The molecule has 0 spiro atoms. The van der Waals surface area contributed by atoms with Crippen molar-refractivity contribution in [3.63, 3.8) is 0 Å². The zero-order chi connectivity index (χ0) is 26.6. The molecule has 4 rings (SSSR count). The number of sulfonamides is 1. The molecule has 0 radical (unpaired) electrons. The number of hydrogen-bond donors (Lipinski definition) is 1. The summed E-state index contributed by atoms with van der Waals surface area (Å²) < 4.78 is 37.4. The minimum Gasteiger partial charge on any atom is -0.454 e. The van der Waals surface area contributed by atoms with Crippen molar-refractivity contribution in [1.82, 2.24) is 10.2 Å². The monoisotopic (exact) mass is 529 g/mol. The van der Waals surface area contributed by atoms with Gasteiger partial charge in [0.05, 0.1) is 11.9 Å². The minimum atomic E-state index is -3.83. The summed E-state index contributed by atoms with van der Waals surface area (Å²) in [7, 11) is -3.83. The van der Waals surface area contributed by atoms with Crippen LogP contribution in [0.3, 0.4) is 0 Å². The molecule has 1 heterocycles. The third kappa shape index (κ3) is 6.36. The molecule has 2 amide bonds. The molecule has 0 aromatic heterocycles. The Hall–Kier alpha value is -3.27. The van der Waals surface area contributed by atoms with Crippen molar-refractivity contribution in [1.29, 1.82) is 0 Å². The number of anilines is 1. The molecule has 1 fully saturated rings. The van der Waals surface area contributed by atoms with Gasteiger partial charge in [-0.2, -0.15) is 0 Å². The normalized spacial score (nSPS) is 15.9. The summed E-state index contributed by atoms with van der Waals surface area (Å²) in [5, 5.41) is 3.11. The Kier molecular flexibility index (Phi) is 8.26. The highest BCUT2D eigenvalue weighted by Crippen LogP contribution is 2.36. The lowest BCUT2D eigenvalue weighted by molar-refractivity contribution is -0.140. The first kappa shape index (κ1) is 26.8.